The van der Waals surface area contributed by atoms with Crippen LogP contribution in [0.15, 0.2) is 24.3 Å². The predicted molar refractivity (Wildman–Crippen MR) is 102 cm³/mol. The van der Waals surface area contributed by atoms with Crippen LogP contribution in [-0.4, -0.2) is 5.91 Å². The minimum atomic E-state index is -0.758. The molecule has 146 valence electrons. The summed E-state index contributed by atoms with van der Waals surface area (Å²) in [7, 11) is 0. The van der Waals surface area contributed by atoms with Crippen molar-refractivity contribution in [2.45, 2.75) is 47.6 Å². The van der Waals surface area contributed by atoms with Crippen molar-refractivity contribution in [3.05, 3.63) is 58.4 Å². The lowest BCUT2D eigenvalue weighted by Gasteiger charge is -2.21. The average molecular weight is 378 g/mol. The first-order chi connectivity index (χ1) is 12.5. The number of rotatable bonds is 5. The van der Waals surface area contributed by atoms with Crippen LogP contribution in [0.1, 0.15) is 43.9 Å². The molecule has 0 fully saturated rings. The number of amides is 1. The van der Waals surface area contributed by atoms with Crippen molar-refractivity contribution in [3.63, 3.8) is 0 Å². The minimum absolute atomic E-state index is 0.142. The van der Waals surface area contributed by atoms with E-state index in [1.54, 1.807) is 12.1 Å². The second kappa shape index (κ2) is 8.03. The van der Waals surface area contributed by atoms with Crippen LogP contribution in [0.4, 0.5) is 24.5 Å². The van der Waals surface area contributed by atoms with Gasteiger partial charge < -0.3 is 10.6 Å². The van der Waals surface area contributed by atoms with Gasteiger partial charge in [0.15, 0.2) is 11.6 Å². The van der Waals surface area contributed by atoms with E-state index in [0.29, 0.717) is 5.56 Å². The molecule has 0 unspecified atom stereocenters. The van der Waals surface area contributed by atoms with Crippen LogP contribution in [-0.2, 0) is 11.3 Å². The molecular formula is C21H25F3N2O. The molecule has 2 aromatic carbocycles. The van der Waals surface area contributed by atoms with Gasteiger partial charge in [0, 0.05) is 24.1 Å². The maximum Gasteiger partial charge on any atom is 0.224 e. The van der Waals surface area contributed by atoms with Gasteiger partial charge >= 0.3 is 0 Å². The lowest BCUT2D eigenvalue weighted by molar-refractivity contribution is -0.117. The smallest absolute Gasteiger partial charge is 0.224 e. The van der Waals surface area contributed by atoms with E-state index in [4.69, 9.17) is 0 Å². The molecule has 0 aromatic heterocycles. The highest BCUT2D eigenvalue weighted by molar-refractivity contribution is 5.93. The van der Waals surface area contributed by atoms with Gasteiger partial charge in [0.1, 0.15) is 11.5 Å². The summed E-state index contributed by atoms with van der Waals surface area (Å²) in [5.41, 5.74) is 0.679. The van der Waals surface area contributed by atoms with Crippen molar-refractivity contribution in [2.24, 2.45) is 5.41 Å². The summed E-state index contributed by atoms with van der Waals surface area (Å²) in [5, 5.41) is 5.37. The molecule has 0 aliphatic carbocycles. The maximum absolute atomic E-state index is 14.7. The molecular weight excluding hydrogens is 353 g/mol. The SMILES string of the molecule is Cc1c(F)c(NCc2ccc(F)cc2)c(F)c(C)c1NC(=O)CC(C)(C)C. The van der Waals surface area contributed by atoms with Gasteiger partial charge in [-0.3, -0.25) is 4.79 Å². The van der Waals surface area contributed by atoms with Gasteiger partial charge in [-0.05, 0) is 37.0 Å². The van der Waals surface area contributed by atoms with E-state index in [-0.39, 0.29) is 52.6 Å². The Balaban J connectivity index is 2.26. The van der Waals surface area contributed by atoms with Crippen LogP contribution in [0.25, 0.3) is 0 Å². The van der Waals surface area contributed by atoms with E-state index in [2.05, 4.69) is 10.6 Å². The molecule has 0 heterocycles. The Morgan fingerprint density at radius 3 is 1.93 bits per heavy atom. The molecule has 2 aromatic rings. The first-order valence-electron chi connectivity index (χ1n) is 8.76. The minimum Gasteiger partial charge on any atom is -0.376 e. The topological polar surface area (TPSA) is 41.1 Å². The summed E-state index contributed by atoms with van der Waals surface area (Å²) >= 11 is 0. The number of anilines is 2. The quantitative estimate of drug-likeness (QED) is 0.700. The first kappa shape index (κ1) is 20.8. The Labute approximate surface area is 158 Å². The molecule has 2 N–H and O–H groups in total. The van der Waals surface area contributed by atoms with Crippen molar-refractivity contribution in [3.8, 4) is 0 Å². The fraction of sp³-hybridized carbons (Fsp3) is 0.381. The molecule has 0 radical (unpaired) electrons. The van der Waals surface area contributed by atoms with Crippen molar-refractivity contribution in [1.82, 2.24) is 0 Å². The fourth-order valence-electron chi connectivity index (χ4n) is 2.77. The van der Waals surface area contributed by atoms with Gasteiger partial charge in [-0.2, -0.15) is 0 Å². The van der Waals surface area contributed by atoms with E-state index in [1.807, 2.05) is 20.8 Å². The molecule has 0 saturated heterocycles. The molecule has 27 heavy (non-hydrogen) atoms. The van der Waals surface area contributed by atoms with Crippen LogP contribution in [0, 0.1) is 36.7 Å². The third-order valence-corrected chi connectivity index (χ3v) is 4.19. The Hall–Kier alpha value is -2.50. The fourth-order valence-corrected chi connectivity index (χ4v) is 2.77. The molecule has 0 saturated carbocycles. The number of nitrogens with one attached hydrogen (secondary N) is 2. The summed E-state index contributed by atoms with van der Waals surface area (Å²) in [5.74, 6) is -2.18. The van der Waals surface area contributed by atoms with E-state index >= 15 is 0 Å². The molecule has 6 heteroatoms. The highest BCUT2D eigenvalue weighted by Crippen LogP contribution is 2.33. The highest BCUT2D eigenvalue weighted by Gasteiger charge is 2.23. The monoisotopic (exact) mass is 378 g/mol. The first-order valence-corrected chi connectivity index (χ1v) is 8.76. The molecule has 2 rings (SSSR count). The number of carbonyl (C=O) groups excluding carboxylic acids is 1. The highest BCUT2D eigenvalue weighted by atomic mass is 19.1. The van der Waals surface area contributed by atoms with E-state index < -0.39 is 11.6 Å². The molecule has 0 aliphatic heterocycles. The van der Waals surface area contributed by atoms with Gasteiger partial charge in [0.2, 0.25) is 5.91 Å². The molecule has 3 nitrogen and oxygen atoms in total. The van der Waals surface area contributed by atoms with Gasteiger partial charge in [-0.25, -0.2) is 13.2 Å². The zero-order valence-electron chi connectivity index (χ0n) is 16.3. The van der Waals surface area contributed by atoms with Crippen LogP contribution in [0.5, 0.6) is 0 Å². The molecule has 1 amide bonds. The number of hydrogen-bond acceptors (Lipinski definition) is 2. The Bertz CT molecular complexity index is 811. The number of hydrogen-bond donors (Lipinski definition) is 2. The second-order valence-corrected chi connectivity index (χ2v) is 7.89. The third-order valence-electron chi connectivity index (χ3n) is 4.19. The van der Waals surface area contributed by atoms with Crippen molar-refractivity contribution in [2.75, 3.05) is 10.6 Å². The van der Waals surface area contributed by atoms with Gasteiger partial charge in [0.25, 0.3) is 0 Å². The van der Waals surface area contributed by atoms with Crippen molar-refractivity contribution < 1.29 is 18.0 Å². The second-order valence-electron chi connectivity index (χ2n) is 7.89. The molecule has 0 bridgehead atoms. The van der Waals surface area contributed by atoms with Crippen LogP contribution < -0.4 is 10.6 Å². The lowest BCUT2D eigenvalue weighted by Crippen LogP contribution is -2.21. The zero-order valence-corrected chi connectivity index (χ0v) is 16.3. The van der Waals surface area contributed by atoms with Gasteiger partial charge in [-0.15, -0.1) is 0 Å². The molecule has 0 atom stereocenters. The average Bonchev–Trinajstić information content (AvgIpc) is 2.57. The number of benzene rings is 2. The number of halogens is 3. The van der Waals surface area contributed by atoms with Gasteiger partial charge in [0.05, 0.1) is 5.69 Å². The van der Waals surface area contributed by atoms with Crippen LogP contribution >= 0.6 is 0 Å². The largest absolute Gasteiger partial charge is 0.376 e. The zero-order chi connectivity index (χ0) is 20.4. The summed E-state index contributed by atoms with van der Waals surface area (Å²) in [6.07, 6.45) is 0.236. The lowest BCUT2D eigenvalue weighted by atomic mass is 9.92. The van der Waals surface area contributed by atoms with E-state index in [1.165, 1.54) is 26.0 Å². The normalized spacial score (nSPS) is 11.4. The van der Waals surface area contributed by atoms with Crippen LogP contribution in [0.3, 0.4) is 0 Å². The predicted octanol–water partition coefficient (Wildman–Crippen LogP) is 5.71. The molecule has 0 spiro atoms. The summed E-state index contributed by atoms with van der Waals surface area (Å²) in [4.78, 5) is 12.2. The van der Waals surface area contributed by atoms with E-state index in [0.717, 1.165) is 0 Å². The summed E-state index contributed by atoms with van der Waals surface area (Å²) in [6, 6.07) is 5.65. The van der Waals surface area contributed by atoms with E-state index in [9.17, 15) is 18.0 Å². The third kappa shape index (κ3) is 5.25. The van der Waals surface area contributed by atoms with Gasteiger partial charge in [-0.1, -0.05) is 32.9 Å². The number of carbonyl (C=O) groups is 1. The Kier molecular flexibility index (Phi) is 6.19. The maximum atomic E-state index is 14.7. The summed E-state index contributed by atoms with van der Waals surface area (Å²) < 4.78 is 42.4. The van der Waals surface area contributed by atoms with Crippen LogP contribution in [0.2, 0.25) is 0 Å². The van der Waals surface area contributed by atoms with Crippen molar-refractivity contribution in [1.29, 1.82) is 0 Å². The standard InChI is InChI=1S/C21H25F3N2O/c1-12-17(23)20(25-11-14-6-8-15(22)9-7-14)18(24)13(2)19(12)26-16(27)10-21(3,4)5/h6-9,25H,10-11H2,1-5H3,(H,26,27). The summed E-state index contributed by atoms with van der Waals surface area (Å²) in [6.45, 7) is 8.87. The van der Waals surface area contributed by atoms with Crippen molar-refractivity contribution >= 4 is 17.3 Å². The Morgan fingerprint density at radius 1 is 0.926 bits per heavy atom. The molecule has 0 aliphatic rings. The Morgan fingerprint density at radius 2 is 1.44 bits per heavy atom.